The van der Waals surface area contributed by atoms with E-state index in [2.05, 4.69) is 0 Å². The van der Waals surface area contributed by atoms with E-state index in [1.807, 2.05) is 0 Å². The van der Waals surface area contributed by atoms with E-state index in [9.17, 15) is 4.79 Å². The largest absolute Gasteiger partial charge is 0.480 e. The molecule has 1 unspecified atom stereocenters. The first-order valence-electron chi connectivity index (χ1n) is 4.83. The van der Waals surface area contributed by atoms with Crippen LogP contribution in [0.25, 0.3) is 0 Å². The summed E-state index contributed by atoms with van der Waals surface area (Å²) < 4.78 is 7.31. The van der Waals surface area contributed by atoms with E-state index in [0.29, 0.717) is 5.56 Å². The molecule has 0 aromatic heterocycles. The Morgan fingerprint density at radius 2 is 2.21 bits per heavy atom. The van der Waals surface area contributed by atoms with E-state index in [-0.39, 0.29) is 6.42 Å². The van der Waals surface area contributed by atoms with E-state index in [0.717, 1.165) is 5.56 Å². The lowest BCUT2D eigenvalue weighted by Gasteiger charge is -2.07. The van der Waals surface area contributed by atoms with Gasteiger partial charge in [0, 0.05) is 7.89 Å². The molecule has 14 heavy (non-hydrogen) atoms. The van der Waals surface area contributed by atoms with Gasteiger partial charge in [0.1, 0.15) is 6.04 Å². The fourth-order valence-electron chi connectivity index (χ4n) is 1.17. The van der Waals surface area contributed by atoms with Crippen LogP contribution in [0.2, 0.25) is 0 Å². The number of carboxylic acids is 1. The van der Waals surface area contributed by atoms with E-state index in [4.69, 9.17) is 17.9 Å². The molecule has 0 heterocycles. The summed E-state index contributed by atoms with van der Waals surface area (Å²) in [4.78, 5) is 10.5. The van der Waals surface area contributed by atoms with E-state index in [1.54, 1.807) is 24.3 Å². The molecule has 0 saturated carbocycles. The Hall–Kier alpha value is -1.39. The van der Waals surface area contributed by atoms with E-state index < -0.39 is 18.5 Å². The quantitative estimate of drug-likeness (QED) is 0.635. The lowest BCUT2D eigenvalue weighted by atomic mass is 10.0. The number of rotatable bonds is 4. The standard InChI is InChI=1S/C10H14N2O2/c11-6-8-3-1-2-7(4-8)5-9(12)10(13)14/h1-4,9H,5-6,11-12H2,(H,13,14)/t9-/m0/s1/i6D/t6?,9-. The van der Waals surface area contributed by atoms with Gasteiger partial charge in [0.15, 0.2) is 0 Å². The van der Waals surface area contributed by atoms with Gasteiger partial charge in [0.05, 0.1) is 0 Å². The molecular weight excluding hydrogens is 180 g/mol. The van der Waals surface area contributed by atoms with Gasteiger partial charge in [0.2, 0.25) is 0 Å². The summed E-state index contributed by atoms with van der Waals surface area (Å²) in [6, 6.07) is 6.04. The number of nitrogens with two attached hydrogens (primary N) is 2. The summed E-state index contributed by atoms with van der Waals surface area (Å²) >= 11 is 0. The molecule has 5 N–H and O–H groups in total. The van der Waals surface area contributed by atoms with Crippen LogP contribution in [-0.4, -0.2) is 17.1 Å². The van der Waals surface area contributed by atoms with Gasteiger partial charge >= 0.3 is 5.97 Å². The van der Waals surface area contributed by atoms with Gasteiger partial charge in [-0.2, -0.15) is 0 Å². The maximum absolute atomic E-state index is 10.5. The van der Waals surface area contributed by atoms with Gasteiger partial charge in [-0.1, -0.05) is 24.3 Å². The fraction of sp³-hybridized carbons (Fsp3) is 0.300. The van der Waals surface area contributed by atoms with Gasteiger partial charge in [-0.05, 0) is 17.5 Å². The van der Waals surface area contributed by atoms with Crippen molar-refractivity contribution in [1.82, 2.24) is 0 Å². The molecule has 0 aliphatic carbocycles. The van der Waals surface area contributed by atoms with Crippen molar-refractivity contribution in [2.75, 3.05) is 0 Å². The zero-order valence-electron chi connectivity index (χ0n) is 8.68. The van der Waals surface area contributed by atoms with Crippen molar-refractivity contribution < 1.29 is 11.3 Å². The molecular formula is C10H14N2O2. The molecule has 4 heteroatoms. The van der Waals surface area contributed by atoms with Gasteiger partial charge in [-0.3, -0.25) is 4.79 Å². The van der Waals surface area contributed by atoms with Crippen molar-refractivity contribution in [2.24, 2.45) is 11.5 Å². The van der Waals surface area contributed by atoms with Crippen molar-refractivity contribution in [3.05, 3.63) is 35.4 Å². The number of aliphatic carboxylic acids is 1. The molecule has 0 radical (unpaired) electrons. The zero-order valence-corrected chi connectivity index (χ0v) is 7.68. The number of hydrogen-bond donors (Lipinski definition) is 3. The highest BCUT2D eigenvalue weighted by Crippen LogP contribution is 2.06. The maximum atomic E-state index is 10.5. The van der Waals surface area contributed by atoms with Crippen molar-refractivity contribution in [2.45, 2.75) is 19.0 Å². The first-order valence-corrected chi connectivity index (χ1v) is 4.25. The van der Waals surface area contributed by atoms with E-state index in [1.165, 1.54) is 0 Å². The highest BCUT2D eigenvalue weighted by atomic mass is 16.4. The van der Waals surface area contributed by atoms with Crippen LogP contribution in [0.15, 0.2) is 24.3 Å². The van der Waals surface area contributed by atoms with Crippen molar-refractivity contribution in [3.63, 3.8) is 0 Å². The third kappa shape index (κ3) is 2.83. The summed E-state index contributed by atoms with van der Waals surface area (Å²) in [6.45, 7) is -0.800. The zero-order chi connectivity index (χ0) is 11.4. The number of carbonyl (C=O) groups is 1. The highest BCUT2D eigenvalue weighted by Gasteiger charge is 2.11. The summed E-state index contributed by atoms with van der Waals surface area (Å²) in [5.41, 5.74) is 12.2. The average molecular weight is 195 g/mol. The lowest BCUT2D eigenvalue weighted by molar-refractivity contribution is -0.138. The molecule has 0 amide bonds. The van der Waals surface area contributed by atoms with Crippen LogP contribution in [0, 0.1) is 0 Å². The van der Waals surface area contributed by atoms with Crippen LogP contribution in [0.5, 0.6) is 0 Å². The highest BCUT2D eigenvalue weighted by molar-refractivity contribution is 5.73. The molecule has 0 aliphatic rings. The number of benzene rings is 1. The van der Waals surface area contributed by atoms with Gasteiger partial charge in [0.25, 0.3) is 0 Å². The minimum Gasteiger partial charge on any atom is -0.480 e. The predicted octanol–water partition coefficient (Wildman–Crippen LogP) is 0.0997. The van der Waals surface area contributed by atoms with Crippen molar-refractivity contribution in [3.8, 4) is 0 Å². The van der Waals surface area contributed by atoms with E-state index >= 15 is 0 Å². The molecule has 76 valence electrons. The van der Waals surface area contributed by atoms with Crippen molar-refractivity contribution in [1.29, 1.82) is 0 Å². The van der Waals surface area contributed by atoms with Crippen LogP contribution in [-0.2, 0) is 17.7 Å². The summed E-state index contributed by atoms with van der Waals surface area (Å²) in [7, 11) is 0. The fourth-order valence-corrected chi connectivity index (χ4v) is 1.17. The van der Waals surface area contributed by atoms with Crippen LogP contribution < -0.4 is 11.5 Å². The second kappa shape index (κ2) is 4.74. The molecule has 1 rings (SSSR count). The summed E-state index contributed by atoms with van der Waals surface area (Å²) in [6.07, 6.45) is 0.246. The second-order valence-corrected chi connectivity index (χ2v) is 3.06. The average Bonchev–Trinajstić information content (AvgIpc) is 2.18. The Kier molecular flexibility index (Phi) is 3.10. The topological polar surface area (TPSA) is 89.3 Å². The monoisotopic (exact) mass is 195 g/mol. The maximum Gasteiger partial charge on any atom is 0.320 e. The van der Waals surface area contributed by atoms with Crippen LogP contribution in [0.4, 0.5) is 0 Å². The normalized spacial score (nSPS) is 15.7. The molecule has 1 aromatic rings. The molecule has 2 atom stereocenters. The molecule has 4 nitrogen and oxygen atoms in total. The van der Waals surface area contributed by atoms with Crippen LogP contribution >= 0.6 is 0 Å². The summed E-state index contributed by atoms with van der Waals surface area (Å²) in [5, 5.41) is 8.64. The van der Waals surface area contributed by atoms with Crippen LogP contribution in [0.3, 0.4) is 0 Å². The molecule has 0 aliphatic heterocycles. The number of carboxylic acid groups (broad SMARTS) is 1. The molecule has 0 bridgehead atoms. The minimum absolute atomic E-state index is 0.246. The first kappa shape index (κ1) is 9.18. The number of hydrogen-bond acceptors (Lipinski definition) is 3. The minimum atomic E-state index is -1.03. The second-order valence-electron chi connectivity index (χ2n) is 3.06. The Labute approximate surface area is 83.9 Å². The Morgan fingerprint density at radius 3 is 2.79 bits per heavy atom. The van der Waals surface area contributed by atoms with Crippen LogP contribution in [0.1, 0.15) is 12.5 Å². The summed E-state index contributed by atoms with van der Waals surface area (Å²) in [5.74, 6) is -1.03. The Morgan fingerprint density at radius 1 is 1.57 bits per heavy atom. The molecule has 1 aromatic carbocycles. The predicted molar refractivity (Wildman–Crippen MR) is 53.6 cm³/mol. The smallest absolute Gasteiger partial charge is 0.320 e. The third-order valence-electron chi connectivity index (χ3n) is 1.92. The molecule has 0 fully saturated rings. The van der Waals surface area contributed by atoms with Crippen molar-refractivity contribution >= 4 is 5.97 Å². The SMILES string of the molecule is [2H]C(N)c1cccc(C[C@H](N)C(=O)O)c1. The molecule has 0 saturated heterocycles. The van der Waals surface area contributed by atoms with Gasteiger partial charge in [-0.15, -0.1) is 0 Å². The molecule has 0 spiro atoms. The van der Waals surface area contributed by atoms with Gasteiger partial charge in [-0.25, -0.2) is 0 Å². The Balaban J connectivity index is 2.78. The lowest BCUT2D eigenvalue weighted by Crippen LogP contribution is -2.32. The Bertz CT molecular complexity index is 355. The third-order valence-corrected chi connectivity index (χ3v) is 1.92. The first-order chi connectivity index (χ1) is 7.00. The van der Waals surface area contributed by atoms with Gasteiger partial charge < -0.3 is 16.6 Å².